The van der Waals surface area contributed by atoms with E-state index in [1.54, 1.807) is 11.8 Å². The Morgan fingerprint density at radius 3 is 2.88 bits per heavy atom. The molecule has 0 spiro atoms. The second kappa shape index (κ2) is 8.53. The van der Waals surface area contributed by atoms with Gasteiger partial charge in [0, 0.05) is 6.04 Å². The van der Waals surface area contributed by atoms with E-state index in [1.165, 1.54) is 31.0 Å². The van der Waals surface area contributed by atoms with Crippen molar-refractivity contribution in [2.45, 2.75) is 56.0 Å². The molecule has 1 saturated carbocycles. The van der Waals surface area contributed by atoms with Gasteiger partial charge in [-0.05, 0) is 48.2 Å². The van der Waals surface area contributed by atoms with Crippen LogP contribution in [0.5, 0.6) is 5.75 Å². The lowest BCUT2D eigenvalue weighted by Gasteiger charge is -2.30. The lowest BCUT2D eigenvalue weighted by Crippen LogP contribution is -2.44. The molecule has 1 N–H and O–H groups in total. The fraction of sp³-hybridized carbons (Fsp3) is 0.556. The number of para-hydroxylation sites is 2. The summed E-state index contributed by atoms with van der Waals surface area (Å²) < 4.78 is 6.99. The Balaban J connectivity index is 1.69. The lowest BCUT2D eigenvalue weighted by atomic mass is 9.86. The molecule has 1 aliphatic rings. The van der Waals surface area contributed by atoms with Gasteiger partial charge in [-0.3, -0.25) is 4.79 Å². The van der Waals surface area contributed by atoms with Crippen molar-refractivity contribution in [1.82, 2.24) is 25.5 Å². The summed E-state index contributed by atoms with van der Waals surface area (Å²) in [6.07, 6.45) is 4.68. The van der Waals surface area contributed by atoms with Gasteiger partial charge in [-0.25, -0.2) is 0 Å². The van der Waals surface area contributed by atoms with Crippen molar-refractivity contribution in [2.24, 2.45) is 5.92 Å². The largest absolute Gasteiger partial charge is 0.494 e. The molecule has 0 unspecified atom stereocenters. The average molecular weight is 375 g/mol. The minimum absolute atomic E-state index is 0.0309. The fourth-order valence-corrected chi connectivity index (χ4v) is 4.06. The Bertz CT molecular complexity index is 751. The van der Waals surface area contributed by atoms with Gasteiger partial charge in [-0.2, -0.15) is 4.68 Å². The van der Waals surface area contributed by atoms with Gasteiger partial charge >= 0.3 is 0 Å². The fourth-order valence-electron chi connectivity index (χ4n) is 3.25. The van der Waals surface area contributed by atoms with Crippen molar-refractivity contribution in [1.29, 1.82) is 0 Å². The predicted molar refractivity (Wildman–Crippen MR) is 101 cm³/mol. The van der Waals surface area contributed by atoms with E-state index in [9.17, 15) is 4.79 Å². The van der Waals surface area contributed by atoms with Gasteiger partial charge in [0.2, 0.25) is 11.1 Å². The number of thioether (sulfide) groups is 1. The Hall–Kier alpha value is -2.09. The summed E-state index contributed by atoms with van der Waals surface area (Å²) in [6.45, 7) is 4.10. The summed E-state index contributed by atoms with van der Waals surface area (Å²) in [5.41, 5.74) is 0.746. The number of nitrogens with one attached hydrogen (secondary N) is 1. The van der Waals surface area contributed by atoms with Crippen LogP contribution in [-0.4, -0.2) is 44.5 Å². The number of tetrazole rings is 1. The molecule has 1 fully saturated rings. The van der Waals surface area contributed by atoms with Crippen molar-refractivity contribution < 1.29 is 9.53 Å². The molecule has 7 nitrogen and oxygen atoms in total. The molecule has 140 valence electrons. The topological polar surface area (TPSA) is 81.9 Å². The number of rotatable bonds is 6. The first-order valence-electron chi connectivity index (χ1n) is 8.99. The van der Waals surface area contributed by atoms with E-state index >= 15 is 0 Å². The van der Waals surface area contributed by atoms with Gasteiger partial charge in [-0.1, -0.05) is 43.7 Å². The first-order chi connectivity index (χ1) is 12.6. The van der Waals surface area contributed by atoms with Crippen LogP contribution in [-0.2, 0) is 4.79 Å². The summed E-state index contributed by atoms with van der Waals surface area (Å²) in [6, 6.07) is 7.79. The van der Waals surface area contributed by atoms with Gasteiger partial charge in [0.25, 0.3) is 0 Å². The standard InChI is InChI=1S/C18H25N5O2S/c1-12-8-4-5-9-14(12)19-17(24)13(2)26-18-20-21-22-23(18)15-10-6-7-11-16(15)25-3/h6-7,10-14H,4-5,8-9H2,1-3H3,(H,19,24)/t12-,13-,14+/m1/s1. The Kier molecular flexibility index (Phi) is 6.13. The molecule has 3 atom stereocenters. The van der Waals surface area contributed by atoms with Crippen LogP contribution >= 0.6 is 11.8 Å². The first-order valence-corrected chi connectivity index (χ1v) is 9.87. The predicted octanol–water partition coefficient (Wildman–Crippen LogP) is 2.85. The molecule has 1 amide bonds. The molecule has 1 aliphatic carbocycles. The molecule has 0 aliphatic heterocycles. The minimum atomic E-state index is -0.288. The second-order valence-corrected chi connectivity index (χ2v) is 7.99. The number of nitrogens with zero attached hydrogens (tertiary/aromatic N) is 4. The number of benzene rings is 1. The van der Waals surface area contributed by atoms with Crippen molar-refractivity contribution >= 4 is 17.7 Å². The summed E-state index contributed by atoms with van der Waals surface area (Å²) in [5, 5.41) is 15.4. The third-order valence-corrected chi connectivity index (χ3v) is 5.88. The van der Waals surface area contributed by atoms with Crippen LogP contribution in [0.15, 0.2) is 29.4 Å². The van der Waals surface area contributed by atoms with Crippen LogP contribution in [0.1, 0.15) is 39.5 Å². The first kappa shape index (κ1) is 18.7. The molecule has 0 bridgehead atoms. The quantitative estimate of drug-likeness (QED) is 0.782. The number of aromatic nitrogens is 4. The molecule has 0 saturated heterocycles. The number of carbonyl (C=O) groups excluding carboxylic acids is 1. The van der Waals surface area contributed by atoms with Gasteiger partial charge in [0.15, 0.2) is 0 Å². The van der Waals surface area contributed by atoms with Gasteiger partial charge in [-0.15, -0.1) is 5.10 Å². The van der Waals surface area contributed by atoms with Crippen LogP contribution in [0.3, 0.4) is 0 Å². The average Bonchev–Trinajstić information content (AvgIpc) is 3.11. The Morgan fingerprint density at radius 2 is 2.12 bits per heavy atom. The SMILES string of the molecule is COc1ccccc1-n1nnnc1S[C@H](C)C(=O)N[C@H]1CCCC[C@H]1C. The van der Waals surface area contributed by atoms with Gasteiger partial charge in [0.05, 0.1) is 12.4 Å². The lowest BCUT2D eigenvalue weighted by molar-refractivity contribution is -0.121. The number of ether oxygens (including phenoxy) is 1. The summed E-state index contributed by atoms with van der Waals surface area (Å²) in [4.78, 5) is 12.6. The van der Waals surface area contributed by atoms with Crippen molar-refractivity contribution in [3.8, 4) is 11.4 Å². The van der Waals surface area contributed by atoms with Crippen molar-refractivity contribution in [3.05, 3.63) is 24.3 Å². The van der Waals surface area contributed by atoms with Crippen LogP contribution in [0.2, 0.25) is 0 Å². The summed E-state index contributed by atoms with van der Waals surface area (Å²) in [5.74, 6) is 1.24. The highest BCUT2D eigenvalue weighted by molar-refractivity contribution is 8.00. The number of carbonyl (C=O) groups is 1. The molecule has 8 heteroatoms. The third kappa shape index (κ3) is 4.17. The van der Waals surface area contributed by atoms with Gasteiger partial charge in [0.1, 0.15) is 11.4 Å². The molecule has 0 radical (unpaired) electrons. The molecule has 1 heterocycles. The van der Waals surface area contributed by atoms with Crippen LogP contribution < -0.4 is 10.1 Å². The highest BCUT2D eigenvalue weighted by Crippen LogP contribution is 2.28. The van der Waals surface area contributed by atoms with E-state index in [0.29, 0.717) is 16.8 Å². The molecular formula is C18H25N5O2S. The molecule has 2 aromatic rings. The van der Waals surface area contributed by atoms with E-state index in [4.69, 9.17) is 4.74 Å². The Morgan fingerprint density at radius 1 is 1.35 bits per heavy atom. The number of amides is 1. The van der Waals surface area contributed by atoms with Crippen LogP contribution in [0.25, 0.3) is 5.69 Å². The molecular weight excluding hydrogens is 350 g/mol. The maximum absolute atomic E-state index is 12.6. The number of hydrogen-bond acceptors (Lipinski definition) is 6. The van der Waals surface area contributed by atoms with Crippen LogP contribution in [0.4, 0.5) is 0 Å². The van der Waals surface area contributed by atoms with Crippen molar-refractivity contribution in [2.75, 3.05) is 7.11 Å². The molecule has 3 rings (SSSR count). The zero-order chi connectivity index (χ0) is 18.5. The van der Waals surface area contributed by atoms with E-state index in [2.05, 4.69) is 27.8 Å². The summed E-state index contributed by atoms with van der Waals surface area (Å²) in [7, 11) is 1.61. The van der Waals surface area contributed by atoms with Crippen LogP contribution in [0, 0.1) is 5.92 Å². The molecule has 26 heavy (non-hydrogen) atoms. The second-order valence-electron chi connectivity index (χ2n) is 6.68. The monoisotopic (exact) mass is 375 g/mol. The normalized spacial score (nSPS) is 21.2. The van der Waals surface area contributed by atoms with E-state index in [1.807, 2.05) is 31.2 Å². The summed E-state index contributed by atoms with van der Waals surface area (Å²) >= 11 is 1.35. The zero-order valence-electron chi connectivity index (χ0n) is 15.4. The highest BCUT2D eigenvalue weighted by atomic mass is 32.2. The zero-order valence-corrected chi connectivity index (χ0v) is 16.2. The number of hydrogen-bond donors (Lipinski definition) is 1. The highest BCUT2D eigenvalue weighted by Gasteiger charge is 2.26. The minimum Gasteiger partial charge on any atom is -0.494 e. The van der Waals surface area contributed by atoms with E-state index in [0.717, 1.165) is 12.1 Å². The maximum atomic E-state index is 12.6. The smallest absolute Gasteiger partial charge is 0.233 e. The van der Waals surface area contributed by atoms with Crippen molar-refractivity contribution in [3.63, 3.8) is 0 Å². The third-order valence-electron chi connectivity index (χ3n) is 4.84. The Labute approximate surface area is 157 Å². The van der Waals surface area contributed by atoms with E-state index in [-0.39, 0.29) is 17.2 Å². The number of methoxy groups -OCH3 is 1. The maximum Gasteiger partial charge on any atom is 0.233 e. The van der Waals surface area contributed by atoms with E-state index < -0.39 is 0 Å². The molecule has 1 aromatic heterocycles. The van der Waals surface area contributed by atoms with Gasteiger partial charge < -0.3 is 10.1 Å². The molecule has 1 aromatic carbocycles.